The summed E-state index contributed by atoms with van der Waals surface area (Å²) in [5.74, 6) is 0.599. The average molecular weight is 417 g/mol. The largest absolute Gasteiger partial charge is 0.415 e. The van der Waals surface area contributed by atoms with Crippen LogP contribution in [0.15, 0.2) is 36.9 Å². The van der Waals surface area contributed by atoms with E-state index in [2.05, 4.69) is 18.5 Å². The van der Waals surface area contributed by atoms with Crippen LogP contribution in [0.5, 0.6) is 5.75 Å². The highest BCUT2D eigenvalue weighted by Crippen LogP contribution is 2.25. The molecule has 1 amide bonds. The van der Waals surface area contributed by atoms with E-state index in [1.807, 2.05) is 44.3 Å². The molecule has 30 heavy (non-hydrogen) atoms. The number of unbranched alkanes of at least 4 members (excludes halogenated alkanes) is 3. The van der Waals surface area contributed by atoms with Crippen molar-refractivity contribution in [2.75, 3.05) is 33.8 Å². The molecule has 0 bridgehead atoms. The van der Waals surface area contributed by atoms with Gasteiger partial charge in [0, 0.05) is 26.2 Å². The second kappa shape index (κ2) is 13.5. The Balaban J connectivity index is 1.55. The Hall–Kier alpha value is -1.85. The smallest absolute Gasteiger partial charge is 0.410 e. The van der Waals surface area contributed by atoms with Crippen LogP contribution < -0.4 is 4.74 Å². The zero-order valence-electron chi connectivity index (χ0n) is 19.1. The van der Waals surface area contributed by atoms with Gasteiger partial charge in [0.15, 0.2) is 0 Å². The molecule has 0 aliphatic heterocycles. The number of amides is 1. The molecule has 5 nitrogen and oxygen atoms in total. The normalized spacial score (nSPS) is 18.9. The lowest BCUT2D eigenvalue weighted by Gasteiger charge is -2.34. The minimum absolute atomic E-state index is 0.232. The van der Waals surface area contributed by atoms with E-state index in [1.54, 1.807) is 4.90 Å². The number of likely N-dealkylation sites (N-methyl/N-ethyl adjacent to an activating group) is 1. The third-order valence-corrected chi connectivity index (χ3v) is 5.93. The molecular formula is C25H40N2O3. The summed E-state index contributed by atoms with van der Waals surface area (Å²) >= 11 is 0. The number of nitrogens with zero attached hydrogens (tertiary/aromatic N) is 2. The minimum atomic E-state index is -0.276. The lowest BCUT2D eigenvalue weighted by Crippen LogP contribution is -2.42. The first-order valence-electron chi connectivity index (χ1n) is 11.4. The van der Waals surface area contributed by atoms with Crippen LogP contribution in [0.25, 0.3) is 0 Å². The number of hydrogen-bond donors (Lipinski definition) is 0. The van der Waals surface area contributed by atoms with Gasteiger partial charge in [-0.25, -0.2) is 4.79 Å². The number of hydrogen-bond acceptors (Lipinski definition) is 4. The van der Waals surface area contributed by atoms with Crippen molar-refractivity contribution < 1.29 is 14.3 Å². The van der Waals surface area contributed by atoms with Crippen molar-refractivity contribution in [2.45, 2.75) is 70.4 Å². The summed E-state index contributed by atoms with van der Waals surface area (Å²) in [5.41, 5.74) is 1.15. The maximum Gasteiger partial charge on any atom is 0.415 e. The fraction of sp³-hybridized carbons (Fsp3) is 0.640. The van der Waals surface area contributed by atoms with Gasteiger partial charge >= 0.3 is 6.09 Å². The molecule has 0 N–H and O–H groups in total. The summed E-state index contributed by atoms with van der Waals surface area (Å²) in [6.07, 6.45) is 10.8. The molecule has 1 aliphatic rings. The zero-order valence-corrected chi connectivity index (χ0v) is 19.1. The molecule has 0 spiro atoms. The standard InChI is InChI=1S/C25H40N2O3/c1-5-18-26(3)19-8-6-7-9-20-29-23-16-12-22(13-17-23)27(4)25(28)30-24-14-10-21(2)11-15-24/h5,10-11,14-15,22-23H,1,6-9,12-13,16-20H2,2-4H3. The van der Waals surface area contributed by atoms with Gasteiger partial charge in [0.25, 0.3) is 0 Å². The van der Waals surface area contributed by atoms with Gasteiger partial charge in [-0.15, -0.1) is 6.58 Å². The van der Waals surface area contributed by atoms with Gasteiger partial charge in [0.1, 0.15) is 5.75 Å². The maximum atomic E-state index is 12.4. The van der Waals surface area contributed by atoms with E-state index in [1.165, 1.54) is 19.3 Å². The molecule has 1 fully saturated rings. The third kappa shape index (κ3) is 8.88. The van der Waals surface area contributed by atoms with Crippen molar-refractivity contribution in [3.05, 3.63) is 42.5 Å². The number of carbonyl (C=O) groups is 1. The molecule has 0 radical (unpaired) electrons. The van der Waals surface area contributed by atoms with E-state index in [9.17, 15) is 4.79 Å². The first-order valence-corrected chi connectivity index (χ1v) is 11.4. The minimum Gasteiger partial charge on any atom is -0.410 e. The first-order chi connectivity index (χ1) is 14.5. The van der Waals surface area contributed by atoms with E-state index >= 15 is 0 Å². The molecule has 1 aliphatic carbocycles. The molecule has 0 aromatic heterocycles. The van der Waals surface area contributed by atoms with Crippen LogP contribution in [-0.2, 0) is 4.74 Å². The van der Waals surface area contributed by atoms with Gasteiger partial charge < -0.3 is 19.3 Å². The summed E-state index contributed by atoms with van der Waals surface area (Å²) in [4.78, 5) is 16.5. The Morgan fingerprint density at radius 1 is 1.07 bits per heavy atom. The first kappa shape index (κ1) is 24.4. The van der Waals surface area contributed by atoms with E-state index in [0.717, 1.165) is 57.4 Å². The van der Waals surface area contributed by atoms with Crippen LogP contribution in [0.1, 0.15) is 56.9 Å². The number of aryl methyl sites for hydroxylation is 1. The lowest BCUT2D eigenvalue weighted by atomic mass is 9.92. The molecule has 0 unspecified atom stereocenters. The van der Waals surface area contributed by atoms with Crippen LogP contribution in [0.3, 0.4) is 0 Å². The molecule has 0 atom stereocenters. The van der Waals surface area contributed by atoms with E-state index < -0.39 is 0 Å². The summed E-state index contributed by atoms with van der Waals surface area (Å²) in [7, 11) is 3.98. The van der Waals surface area contributed by atoms with Crippen LogP contribution in [0.2, 0.25) is 0 Å². The second-order valence-corrected chi connectivity index (χ2v) is 8.56. The monoisotopic (exact) mass is 416 g/mol. The lowest BCUT2D eigenvalue weighted by molar-refractivity contribution is 0.0104. The van der Waals surface area contributed by atoms with Gasteiger partial charge in [0.2, 0.25) is 0 Å². The van der Waals surface area contributed by atoms with E-state index in [4.69, 9.17) is 9.47 Å². The van der Waals surface area contributed by atoms with Gasteiger partial charge in [-0.2, -0.15) is 0 Å². The molecule has 168 valence electrons. The number of carbonyl (C=O) groups excluding carboxylic acids is 1. The van der Waals surface area contributed by atoms with Crippen molar-refractivity contribution in [2.24, 2.45) is 0 Å². The Morgan fingerprint density at radius 2 is 1.73 bits per heavy atom. The van der Waals surface area contributed by atoms with Crippen molar-refractivity contribution in [3.63, 3.8) is 0 Å². The summed E-state index contributed by atoms with van der Waals surface area (Å²) in [5, 5.41) is 0. The van der Waals surface area contributed by atoms with E-state index in [-0.39, 0.29) is 12.1 Å². The predicted octanol–water partition coefficient (Wildman–Crippen LogP) is 5.43. The van der Waals surface area contributed by atoms with Crippen molar-refractivity contribution in [1.82, 2.24) is 9.80 Å². The molecule has 2 rings (SSSR count). The van der Waals surface area contributed by atoms with Gasteiger partial charge in [0.05, 0.1) is 6.10 Å². The number of benzene rings is 1. The highest BCUT2D eigenvalue weighted by atomic mass is 16.6. The summed E-state index contributed by atoms with van der Waals surface area (Å²) in [6.45, 7) is 8.74. The number of ether oxygens (including phenoxy) is 2. The number of rotatable bonds is 12. The van der Waals surface area contributed by atoms with Gasteiger partial charge in [-0.1, -0.05) is 36.6 Å². The maximum absolute atomic E-state index is 12.4. The van der Waals surface area contributed by atoms with Crippen LogP contribution in [0.4, 0.5) is 4.79 Å². The molecular weight excluding hydrogens is 376 g/mol. The molecule has 0 saturated heterocycles. The second-order valence-electron chi connectivity index (χ2n) is 8.56. The molecule has 1 aromatic rings. The third-order valence-electron chi connectivity index (χ3n) is 5.93. The highest BCUT2D eigenvalue weighted by molar-refractivity contribution is 5.70. The predicted molar refractivity (Wildman–Crippen MR) is 123 cm³/mol. The van der Waals surface area contributed by atoms with Crippen molar-refractivity contribution in [1.29, 1.82) is 0 Å². The molecule has 1 saturated carbocycles. The average Bonchev–Trinajstić information content (AvgIpc) is 2.74. The van der Waals surface area contributed by atoms with E-state index in [0.29, 0.717) is 11.9 Å². The Labute approximate surface area is 183 Å². The molecule has 5 heteroatoms. The van der Waals surface area contributed by atoms with Crippen LogP contribution in [0, 0.1) is 6.92 Å². The Bertz CT molecular complexity index is 624. The van der Waals surface area contributed by atoms with Crippen molar-refractivity contribution >= 4 is 6.09 Å². The Morgan fingerprint density at radius 3 is 2.40 bits per heavy atom. The van der Waals surface area contributed by atoms with Crippen LogP contribution >= 0.6 is 0 Å². The highest BCUT2D eigenvalue weighted by Gasteiger charge is 2.27. The fourth-order valence-corrected chi connectivity index (χ4v) is 3.93. The Kier molecular flexibility index (Phi) is 11.0. The van der Waals surface area contributed by atoms with Crippen LogP contribution in [-0.4, -0.2) is 61.8 Å². The summed E-state index contributed by atoms with van der Waals surface area (Å²) in [6, 6.07) is 7.81. The SMILES string of the molecule is C=CCN(C)CCCCCCOC1CCC(N(C)C(=O)Oc2ccc(C)cc2)CC1. The van der Waals surface area contributed by atoms with Gasteiger partial charge in [-0.3, -0.25) is 0 Å². The summed E-state index contributed by atoms with van der Waals surface area (Å²) < 4.78 is 11.6. The van der Waals surface area contributed by atoms with Gasteiger partial charge in [-0.05, 0) is 71.2 Å². The van der Waals surface area contributed by atoms with Crippen molar-refractivity contribution in [3.8, 4) is 5.75 Å². The quantitative estimate of drug-likeness (QED) is 0.336. The molecule has 1 aromatic carbocycles. The molecule has 0 heterocycles. The zero-order chi connectivity index (χ0) is 21.8. The fourth-order valence-electron chi connectivity index (χ4n) is 3.93. The topological polar surface area (TPSA) is 42.0 Å².